The Bertz CT molecular complexity index is 687. The van der Waals surface area contributed by atoms with Crippen molar-refractivity contribution in [1.29, 1.82) is 0 Å². The smallest absolute Gasteiger partial charge is 0.335 e. The molecular weight excluding hydrogens is 431 g/mol. The average Bonchev–Trinajstić information content (AvgIpc) is 2.73. The fourth-order valence-corrected chi connectivity index (χ4v) is 5.85. The van der Waals surface area contributed by atoms with E-state index in [1.807, 2.05) is 13.0 Å². The van der Waals surface area contributed by atoms with Gasteiger partial charge < -0.3 is 14.2 Å². The van der Waals surface area contributed by atoms with Gasteiger partial charge in [-0.05, 0) is 47.9 Å². The standard InChI is InChI=1S/C28H51O4P/c1-7-9-11-13-15-17-19-31-33(30,32-20-18-16-14-12-10-8-2)23-25-22-26(28(4,5)6)27(29)21-24(25)3/h21-22,29H,7-20,23H2,1-6H3. The van der Waals surface area contributed by atoms with Crippen molar-refractivity contribution in [3.8, 4) is 5.75 Å². The number of hydrogen-bond donors (Lipinski definition) is 1. The summed E-state index contributed by atoms with van der Waals surface area (Å²) in [6.07, 6.45) is 14.2. The first-order chi connectivity index (χ1) is 15.6. The number of rotatable bonds is 18. The van der Waals surface area contributed by atoms with Crippen molar-refractivity contribution in [3.05, 3.63) is 28.8 Å². The van der Waals surface area contributed by atoms with Gasteiger partial charge in [-0.15, -0.1) is 0 Å². The van der Waals surface area contributed by atoms with Crippen LogP contribution in [0.5, 0.6) is 5.75 Å². The maximum atomic E-state index is 13.7. The van der Waals surface area contributed by atoms with Gasteiger partial charge in [0.25, 0.3) is 0 Å². The van der Waals surface area contributed by atoms with Gasteiger partial charge in [0.1, 0.15) is 5.75 Å². The van der Waals surface area contributed by atoms with Gasteiger partial charge in [0.15, 0.2) is 0 Å². The summed E-state index contributed by atoms with van der Waals surface area (Å²) in [5.74, 6) is 0.291. The highest BCUT2D eigenvalue weighted by Gasteiger charge is 2.28. The lowest BCUT2D eigenvalue weighted by molar-refractivity contribution is 0.196. The van der Waals surface area contributed by atoms with E-state index in [2.05, 4.69) is 34.6 Å². The highest BCUT2D eigenvalue weighted by molar-refractivity contribution is 7.53. The Labute approximate surface area is 204 Å². The topological polar surface area (TPSA) is 55.8 Å². The summed E-state index contributed by atoms with van der Waals surface area (Å²) in [4.78, 5) is 0. The zero-order valence-corrected chi connectivity index (χ0v) is 23.3. The van der Waals surface area contributed by atoms with Crippen LogP contribution in [-0.2, 0) is 25.2 Å². The first-order valence-corrected chi connectivity index (χ1v) is 15.1. The molecule has 4 nitrogen and oxygen atoms in total. The van der Waals surface area contributed by atoms with Crippen molar-refractivity contribution in [1.82, 2.24) is 0 Å². The molecule has 0 radical (unpaired) electrons. The molecule has 0 bridgehead atoms. The fraction of sp³-hybridized carbons (Fsp3) is 0.786. The van der Waals surface area contributed by atoms with Crippen LogP contribution < -0.4 is 0 Å². The van der Waals surface area contributed by atoms with Gasteiger partial charge >= 0.3 is 7.60 Å². The lowest BCUT2D eigenvalue weighted by Gasteiger charge is -2.24. The maximum Gasteiger partial charge on any atom is 0.335 e. The molecule has 0 spiro atoms. The molecule has 33 heavy (non-hydrogen) atoms. The van der Waals surface area contributed by atoms with E-state index >= 15 is 0 Å². The highest BCUT2D eigenvalue weighted by Crippen LogP contribution is 2.53. The Balaban J connectivity index is 2.79. The molecular formula is C28H51O4P. The van der Waals surface area contributed by atoms with Crippen molar-refractivity contribution in [2.75, 3.05) is 13.2 Å². The van der Waals surface area contributed by atoms with Gasteiger partial charge in [0.2, 0.25) is 0 Å². The molecule has 0 fully saturated rings. The molecule has 0 unspecified atom stereocenters. The quantitative estimate of drug-likeness (QED) is 0.167. The number of phenols is 1. The summed E-state index contributed by atoms with van der Waals surface area (Å²) in [5, 5.41) is 10.4. The van der Waals surface area contributed by atoms with Crippen LogP contribution in [0.25, 0.3) is 0 Å². The normalized spacial score (nSPS) is 12.4. The Hall–Kier alpha value is -0.830. The van der Waals surface area contributed by atoms with Crippen LogP contribution in [0.2, 0.25) is 0 Å². The molecule has 0 amide bonds. The van der Waals surface area contributed by atoms with Gasteiger partial charge in [0, 0.05) is 0 Å². The molecule has 1 aromatic rings. The Kier molecular flexibility index (Phi) is 14.6. The zero-order valence-electron chi connectivity index (χ0n) is 22.4. The molecule has 0 heterocycles. The predicted molar refractivity (Wildman–Crippen MR) is 142 cm³/mol. The van der Waals surface area contributed by atoms with Crippen LogP contribution in [-0.4, -0.2) is 18.3 Å². The third-order valence-corrected chi connectivity index (χ3v) is 8.08. The Morgan fingerprint density at radius 1 is 0.788 bits per heavy atom. The molecule has 1 rings (SSSR count). The first-order valence-electron chi connectivity index (χ1n) is 13.3. The minimum Gasteiger partial charge on any atom is -0.508 e. The Morgan fingerprint density at radius 3 is 1.70 bits per heavy atom. The van der Waals surface area contributed by atoms with Crippen molar-refractivity contribution < 1.29 is 18.7 Å². The van der Waals surface area contributed by atoms with E-state index in [0.717, 1.165) is 42.4 Å². The zero-order chi connectivity index (χ0) is 24.7. The molecule has 1 N–H and O–H groups in total. The molecule has 0 aliphatic heterocycles. The molecule has 0 saturated carbocycles. The van der Waals surface area contributed by atoms with E-state index in [-0.39, 0.29) is 11.6 Å². The molecule has 0 aliphatic carbocycles. The van der Waals surface area contributed by atoms with Crippen molar-refractivity contribution >= 4 is 7.60 Å². The van der Waals surface area contributed by atoms with Gasteiger partial charge in [-0.1, -0.05) is 105 Å². The van der Waals surface area contributed by atoms with Crippen LogP contribution >= 0.6 is 7.60 Å². The molecule has 1 aromatic carbocycles. The van der Waals surface area contributed by atoms with E-state index < -0.39 is 7.60 Å². The van der Waals surface area contributed by atoms with E-state index in [1.165, 1.54) is 51.4 Å². The second kappa shape index (κ2) is 16.0. The third kappa shape index (κ3) is 12.4. The fourth-order valence-electron chi connectivity index (χ4n) is 4.02. The number of unbranched alkanes of at least 4 members (excludes halogenated alkanes) is 10. The van der Waals surface area contributed by atoms with Gasteiger partial charge in [-0.2, -0.15) is 0 Å². The SMILES string of the molecule is CCCCCCCCOP(=O)(Cc1cc(C(C)(C)C)c(O)cc1C)OCCCCCCCC. The molecule has 0 atom stereocenters. The molecule has 0 aliphatic rings. The van der Waals surface area contributed by atoms with Gasteiger partial charge in [-0.25, -0.2) is 0 Å². The first kappa shape index (κ1) is 30.2. The number of hydrogen-bond acceptors (Lipinski definition) is 4. The number of phenolic OH excluding ortho intramolecular Hbond substituents is 1. The summed E-state index contributed by atoms with van der Waals surface area (Å²) in [7, 11) is -3.26. The molecule has 0 aromatic heterocycles. The van der Waals surface area contributed by atoms with Crippen LogP contribution in [0, 0.1) is 6.92 Å². The van der Waals surface area contributed by atoms with E-state index in [1.54, 1.807) is 6.07 Å². The largest absolute Gasteiger partial charge is 0.508 e. The van der Waals surface area contributed by atoms with E-state index in [9.17, 15) is 9.67 Å². The highest BCUT2D eigenvalue weighted by atomic mass is 31.2. The van der Waals surface area contributed by atoms with Crippen molar-refractivity contribution in [2.24, 2.45) is 0 Å². The summed E-state index contributed by atoms with van der Waals surface area (Å²) < 4.78 is 25.7. The minimum absolute atomic E-state index is 0.199. The van der Waals surface area contributed by atoms with Crippen LogP contribution in [0.15, 0.2) is 12.1 Å². The van der Waals surface area contributed by atoms with Crippen LogP contribution in [0.3, 0.4) is 0 Å². The lowest BCUT2D eigenvalue weighted by Crippen LogP contribution is -2.13. The predicted octanol–water partition coefficient (Wildman–Crippen LogP) is 9.45. The molecule has 5 heteroatoms. The summed E-state index contributed by atoms with van der Waals surface area (Å²) >= 11 is 0. The number of aryl methyl sites for hydroxylation is 1. The lowest BCUT2D eigenvalue weighted by atomic mass is 9.84. The summed E-state index contributed by atoms with van der Waals surface area (Å²) in [5.41, 5.74) is 2.52. The van der Waals surface area contributed by atoms with Gasteiger partial charge in [-0.3, -0.25) is 4.57 Å². The summed E-state index contributed by atoms with van der Waals surface area (Å²) in [6, 6.07) is 3.77. The van der Waals surface area contributed by atoms with Crippen molar-refractivity contribution in [2.45, 2.75) is 130 Å². The Morgan fingerprint density at radius 2 is 1.24 bits per heavy atom. The monoisotopic (exact) mass is 482 g/mol. The van der Waals surface area contributed by atoms with Crippen molar-refractivity contribution in [3.63, 3.8) is 0 Å². The van der Waals surface area contributed by atoms with Crippen LogP contribution in [0.1, 0.15) is 128 Å². The number of aromatic hydroxyl groups is 1. The summed E-state index contributed by atoms with van der Waals surface area (Å²) in [6.45, 7) is 13.6. The third-order valence-electron chi connectivity index (χ3n) is 6.20. The second-order valence-corrected chi connectivity index (χ2v) is 12.6. The number of benzene rings is 1. The minimum atomic E-state index is -3.26. The molecule has 192 valence electrons. The average molecular weight is 483 g/mol. The molecule has 0 saturated heterocycles. The van der Waals surface area contributed by atoms with E-state index in [0.29, 0.717) is 19.0 Å². The maximum absolute atomic E-state index is 13.7. The van der Waals surface area contributed by atoms with Gasteiger partial charge in [0.05, 0.1) is 19.4 Å². The second-order valence-electron chi connectivity index (χ2n) is 10.5. The van der Waals surface area contributed by atoms with Crippen LogP contribution in [0.4, 0.5) is 0 Å². The van der Waals surface area contributed by atoms with E-state index in [4.69, 9.17) is 9.05 Å².